The van der Waals surface area contributed by atoms with Crippen LogP contribution >= 0.6 is 0 Å². The van der Waals surface area contributed by atoms with Crippen molar-refractivity contribution in [2.24, 2.45) is 0 Å². The van der Waals surface area contributed by atoms with Gasteiger partial charge in [0.1, 0.15) is 0 Å². The van der Waals surface area contributed by atoms with Crippen LogP contribution in [0.25, 0.3) is 0 Å². The zero-order valence-electron chi connectivity index (χ0n) is 13.5. The number of alkyl halides is 8. The number of hydrogen-bond donors (Lipinski definition) is 2. The molecule has 13 heteroatoms. The Morgan fingerprint density at radius 1 is 0.920 bits per heavy atom. The van der Waals surface area contributed by atoms with E-state index in [9.17, 15) is 43.5 Å². The number of nitrogens with one attached hydrogen (secondary N) is 1. The Balaban J connectivity index is 0. The molecule has 0 bridgehead atoms. The van der Waals surface area contributed by atoms with Crippen molar-refractivity contribution in [2.45, 2.75) is 62.0 Å². The summed E-state index contributed by atoms with van der Waals surface area (Å²) < 4.78 is 128. The van der Waals surface area contributed by atoms with Gasteiger partial charge in [-0.05, 0) is 26.9 Å². The van der Waals surface area contributed by atoms with E-state index in [2.05, 4.69) is 5.32 Å². The van der Waals surface area contributed by atoms with Crippen molar-refractivity contribution in [3.05, 3.63) is 0 Å². The molecule has 0 amide bonds. The van der Waals surface area contributed by atoms with Crippen LogP contribution < -0.4 is 5.32 Å². The summed E-state index contributed by atoms with van der Waals surface area (Å²) in [7, 11) is -2.76. The molecule has 0 spiro atoms. The summed E-state index contributed by atoms with van der Waals surface area (Å²) in [4.78, 5) is 0. The molecule has 4 nitrogen and oxygen atoms in total. The summed E-state index contributed by atoms with van der Waals surface area (Å²) in [5.74, 6) is -5.65. The average Bonchev–Trinajstić information content (AvgIpc) is 2.40. The molecule has 0 saturated carbocycles. The highest BCUT2D eigenvalue weighted by Gasteiger charge is 2.69. The molecule has 25 heavy (non-hydrogen) atoms. The van der Waals surface area contributed by atoms with Crippen LogP contribution in [0.1, 0.15) is 38.5 Å². The molecule has 0 rings (SSSR count). The van der Waals surface area contributed by atoms with Gasteiger partial charge in [0.05, 0.1) is 0 Å². The molecule has 0 aromatic heterocycles. The van der Waals surface area contributed by atoms with Gasteiger partial charge in [-0.25, -0.2) is 4.39 Å². The van der Waals surface area contributed by atoms with Crippen molar-refractivity contribution >= 4 is 10.1 Å². The number of halogens is 8. The molecular weight excluding hydrogens is 390 g/mol. The highest BCUT2D eigenvalue weighted by molar-refractivity contribution is 7.87. The largest absolute Gasteiger partial charge is 0.434 e. The van der Waals surface area contributed by atoms with Crippen molar-refractivity contribution in [3.8, 4) is 0 Å². The van der Waals surface area contributed by atoms with Crippen molar-refractivity contribution in [1.82, 2.24) is 5.32 Å². The first-order valence-electron chi connectivity index (χ1n) is 7.06. The predicted molar refractivity (Wildman–Crippen MR) is 75.1 cm³/mol. The highest BCUT2D eigenvalue weighted by atomic mass is 32.2. The fourth-order valence-corrected chi connectivity index (χ4v) is 2.01. The Hall–Kier alpha value is -0.690. The van der Waals surface area contributed by atoms with Crippen molar-refractivity contribution < 1.29 is 48.1 Å². The Kier molecular flexibility index (Phi) is 11.1. The number of unbranched alkanes of at least 4 members (excludes halogenated alkanes) is 3. The van der Waals surface area contributed by atoms with Gasteiger partial charge >= 0.3 is 27.5 Å². The Morgan fingerprint density at radius 3 is 1.68 bits per heavy atom. The van der Waals surface area contributed by atoms with E-state index in [0.717, 1.165) is 0 Å². The fourth-order valence-electron chi connectivity index (χ4n) is 1.54. The van der Waals surface area contributed by atoms with Gasteiger partial charge in [-0.1, -0.05) is 19.3 Å². The molecule has 0 radical (unpaired) electrons. The van der Waals surface area contributed by atoms with Crippen LogP contribution in [0.5, 0.6) is 0 Å². The standard InChI is InChI=1S/C10H14F8O3S.C2H7N/c11-7(5-3-1-2-4-6-8(12,13)14)9(15,16)10(17,18)22(19,20)21;1-3-2/h7H,1-6H2,(H,19,20,21);3H,1-2H3. The second-order valence-corrected chi connectivity index (χ2v) is 6.61. The van der Waals surface area contributed by atoms with Crippen molar-refractivity contribution in [3.63, 3.8) is 0 Å². The lowest BCUT2D eigenvalue weighted by atomic mass is 10.0. The van der Waals surface area contributed by atoms with Gasteiger partial charge in [0.25, 0.3) is 0 Å². The fraction of sp³-hybridized carbons (Fsp3) is 1.00. The molecule has 1 atom stereocenters. The van der Waals surface area contributed by atoms with Crippen molar-refractivity contribution in [1.29, 1.82) is 0 Å². The molecule has 0 aliphatic carbocycles. The molecule has 2 N–H and O–H groups in total. The number of hydrogen-bond acceptors (Lipinski definition) is 3. The van der Waals surface area contributed by atoms with E-state index < -0.39 is 52.9 Å². The predicted octanol–water partition coefficient (Wildman–Crippen LogP) is 4.18. The molecule has 0 aliphatic rings. The second-order valence-electron chi connectivity index (χ2n) is 5.15. The second kappa shape index (κ2) is 10.5. The first-order valence-corrected chi connectivity index (χ1v) is 8.50. The normalized spacial score (nSPS) is 14.7. The van der Waals surface area contributed by atoms with E-state index in [1.807, 2.05) is 14.1 Å². The van der Waals surface area contributed by atoms with Crippen LogP contribution in [0.4, 0.5) is 35.1 Å². The maximum atomic E-state index is 13.1. The Morgan fingerprint density at radius 2 is 1.32 bits per heavy atom. The lowest BCUT2D eigenvalue weighted by molar-refractivity contribution is -0.198. The SMILES string of the molecule is CNC.O=S(=O)(O)C(F)(F)C(F)(F)C(F)CCCCCCC(F)(F)F. The summed E-state index contributed by atoms with van der Waals surface area (Å²) in [5, 5.41) is -3.24. The summed E-state index contributed by atoms with van der Waals surface area (Å²) in [6.45, 7) is 0. The monoisotopic (exact) mass is 411 g/mol. The Labute approximate surface area is 140 Å². The van der Waals surface area contributed by atoms with Gasteiger partial charge < -0.3 is 5.32 Å². The molecule has 0 aliphatic heterocycles. The molecular formula is C12H21F8NO3S. The quantitative estimate of drug-likeness (QED) is 0.339. The third kappa shape index (κ3) is 9.54. The van der Waals surface area contributed by atoms with Crippen LogP contribution in [-0.4, -0.2) is 50.6 Å². The van der Waals surface area contributed by atoms with E-state index in [0.29, 0.717) is 0 Å². The molecule has 154 valence electrons. The van der Waals surface area contributed by atoms with Crippen LogP contribution in [0.3, 0.4) is 0 Å². The maximum Gasteiger partial charge on any atom is 0.434 e. The van der Waals surface area contributed by atoms with Crippen molar-refractivity contribution in [2.75, 3.05) is 14.1 Å². The zero-order valence-corrected chi connectivity index (χ0v) is 14.3. The van der Waals surface area contributed by atoms with E-state index in [1.54, 1.807) is 0 Å². The van der Waals surface area contributed by atoms with E-state index in [4.69, 9.17) is 4.55 Å². The first-order chi connectivity index (χ1) is 11.0. The summed E-state index contributed by atoms with van der Waals surface area (Å²) in [6, 6.07) is 0. The van der Waals surface area contributed by atoms with E-state index >= 15 is 0 Å². The molecule has 1 unspecified atom stereocenters. The molecule has 0 saturated heterocycles. The molecule has 0 aromatic carbocycles. The topological polar surface area (TPSA) is 66.4 Å². The minimum absolute atomic E-state index is 0.0769. The lowest BCUT2D eigenvalue weighted by Crippen LogP contribution is -2.52. The smallest absolute Gasteiger partial charge is 0.323 e. The van der Waals surface area contributed by atoms with Gasteiger partial charge in [0.2, 0.25) is 0 Å². The molecule has 0 heterocycles. The van der Waals surface area contributed by atoms with Crippen LogP contribution in [-0.2, 0) is 10.1 Å². The molecule has 0 aromatic rings. The van der Waals surface area contributed by atoms with E-state index in [1.165, 1.54) is 0 Å². The highest BCUT2D eigenvalue weighted by Crippen LogP contribution is 2.43. The van der Waals surface area contributed by atoms with Gasteiger partial charge in [-0.15, -0.1) is 0 Å². The van der Waals surface area contributed by atoms with Gasteiger partial charge in [-0.2, -0.15) is 39.2 Å². The third-order valence-corrected chi connectivity index (χ3v) is 3.69. The summed E-state index contributed by atoms with van der Waals surface area (Å²) >= 11 is 0. The van der Waals surface area contributed by atoms with Crippen LogP contribution in [0.2, 0.25) is 0 Å². The molecule has 0 fully saturated rings. The number of rotatable bonds is 9. The maximum absolute atomic E-state index is 13.1. The van der Waals surface area contributed by atoms with E-state index in [-0.39, 0.29) is 19.3 Å². The van der Waals surface area contributed by atoms with Gasteiger partial charge in [0, 0.05) is 6.42 Å². The van der Waals surface area contributed by atoms with Crippen LogP contribution in [0, 0.1) is 0 Å². The van der Waals surface area contributed by atoms with Gasteiger partial charge in [-0.3, -0.25) is 4.55 Å². The third-order valence-electron chi connectivity index (χ3n) is 2.77. The minimum atomic E-state index is -6.51. The summed E-state index contributed by atoms with van der Waals surface area (Å²) in [6.07, 6.45) is -11.2. The Bertz CT molecular complexity index is 467. The summed E-state index contributed by atoms with van der Waals surface area (Å²) in [5.41, 5.74) is 0. The van der Waals surface area contributed by atoms with Gasteiger partial charge in [0.15, 0.2) is 6.17 Å². The van der Waals surface area contributed by atoms with Crippen LogP contribution in [0.15, 0.2) is 0 Å². The minimum Gasteiger partial charge on any atom is -0.323 e. The zero-order chi connectivity index (χ0) is 20.5. The first kappa shape index (κ1) is 26.5. The lowest BCUT2D eigenvalue weighted by Gasteiger charge is -2.26. The average molecular weight is 411 g/mol.